The van der Waals surface area contributed by atoms with Crippen LogP contribution in [-0.4, -0.2) is 21.1 Å². The normalized spacial score (nSPS) is 11.2. The van der Waals surface area contributed by atoms with Crippen molar-refractivity contribution >= 4 is 41.6 Å². The second-order valence-corrected chi connectivity index (χ2v) is 5.67. The largest absolute Gasteiger partial charge is 0.250 e. The van der Waals surface area contributed by atoms with Gasteiger partial charge in [-0.05, 0) is 30.4 Å². The summed E-state index contributed by atoms with van der Waals surface area (Å²) in [6.07, 6.45) is 1.64. The molecular weight excluding hydrogens is 339 g/mol. The van der Waals surface area contributed by atoms with E-state index < -0.39 is 0 Å². The van der Waals surface area contributed by atoms with E-state index in [4.69, 9.17) is 35.4 Å². The van der Waals surface area contributed by atoms with Gasteiger partial charge < -0.3 is 0 Å². The molecule has 0 bridgehead atoms. The lowest BCUT2D eigenvalue weighted by molar-refractivity contribution is 0.871. The Hall–Kier alpha value is -1.95. The minimum Gasteiger partial charge on any atom is -0.250 e. The first kappa shape index (κ1) is 15.0. The summed E-state index contributed by atoms with van der Waals surface area (Å²) in [4.78, 5) is 0. The predicted molar refractivity (Wildman–Crippen MR) is 92.3 cm³/mol. The molecule has 0 saturated heterocycles. The molecule has 0 unspecified atom stereocenters. The van der Waals surface area contributed by atoms with E-state index in [-0.39, 0.29) is 0 Å². The van der Waals surface area contributed by atoms with Crippen molar-refractivity contribution < 1.29 is 0 Å². The first-order valence-corrected chi connectivity index (χ1v) is 7.54. The lowest BCUT2D eigenvalue weighted by Crippen LogP contribution is -1.95. The zero-order valence-corrected chi connectivity index (χ0v) is 13.5. The third-order valence-electron chi connectivity index (χ3n) is 2.95. The molecule has 0 spiro atoms. The second-order valence-electron chi connectivity index (χ2n) is 4.44. The van der Waals surface area contributed by atoms with E-state index in [2.05, 4.69) is 15.3 Å². The van der Waals surface area contributed by atoms with Crippen LogP contribution in [-0.2, 0) is 0 Å². The van der Waals surface area contributed by atoms with Gasteiger partial charge in [-0.25, -0.2) is 5.10 Å². The molecule has 110 valence electrons. The highest BCUT2D eigenvalue weighted by molar-refractivity contribution is 7.71. The summed E-state index contributed by atoms with van der Waals surface area (Å²) in [5.74, 6) is 0.579. The SMILES string of the molecule is S=c1[nH]nc(-c2cccc(Cl)c2)n1/N=C\c1ccccc1Cl. The van der Waals surface area contributed by atoms with Gasteiger partial charge in [0.25, 0.3) is 0 Å². The summed E-state index contributed by atoms with van der Waals surface area (Å²) >= 11 is 17.4. The number of aromatic nitrogens is 3. The minimum absolute atomic E-state index is 0.387. The van der Waals surface area contributed by atoms with E-state index in [1.807, 2.05) is 30.3 Å². The van der Waals surface area contributed by atoms with Crippen LogP contribution >= 0.6 is 35.4 Å². The number of hydrogen-bond acceptors (Lipinski definition) is 3. The molecule has 0 atom stereocenters. The Balaban J connectivity index is 2.04. The fraction of sp³-hybridized carbons (Fsp3) is 0. The maximum absolute atomic E-state index is 6.11. The molecular formula is C15H10Cl2N4S. The van der Waals surface area contributed by atoms with Crippen molar-refractivity contribution in [2.75, 3.05) is 0 Å². The third-order valence-corrected chi connectivity index (χ3v) is 3.79. The van der Waals surface area contributed by atoms with Crippen LogP contribution in [0, 0.1) is 4.77 Å². The van der Waals surface area contributed by atoms with E-state index in [1.54, 1.807) is 24.4 Å². The molecule has 7 heteroatoms. The van der Waals surface area contributed by atoms with Crippen LogP contribution in [0.25, 0.3) is 11.4 Å². The number of H-pyrrole nitrogens is 1. The number of hydrogen-bond donors (Lipinski definition) is 1. The first-order chi connectivity index (χ1) is 10.6. The van der Waals surface area contributed by atoms with Gasteiger partial charge >= 0.3 is 0 Å². The van der Waals surface area contributed by atoms with E-state index in [1.165, 1.54) is 4.68 Å². The van der Waals surface area contributed by atoms with Gasteiger partial charge in [0.1, 0.15) is 0 Å². The molecule has 0 aliphatic rings. The molecule has 0 aliphatic heterocycles. The average Bonchev–Trinajstić information content (AvgIpc) is 2.87. The second kappa shape index (κ2) is 6.44. The number of nitrogens with one attached hydrogen (secondary N) is 1. The minimum atomic E-state index is 0.387. The van der Waals surface area contributed by atoms with Crippen LogP contribution in [0.5, 0.6) is 0 Å². The van der Waals surface area contributed by atoms with Gasteiger partial charge in [-0.15, -0.1) is 0 Å². The number of nitrogens with zero attached hydrogens (tertiary/aromatic N) is 3. The van der Waals surface area contributed by atoms with E-state index in [0.717, 1.165) is 11.1 Å². The molecule has 1 N–H and O–H groups in total. The van der Waals surface area contributed by atoms with Crippen molar-refractivity contribution in [2.45, 2.75) is 0 Å². The van der Waals surface area contributed by atoms with Crippen molar-refractivity contribution in [3.05, 3.63) is 68.9 Å². The standard InChI is InChI=1S/C15H10Cl2N4S/c16-12-6-3-5-10(8-12)14-19-20-15(22)21(14)18-9-11-4-1-2-7-13(11)17/h1-9H,(H,20,22)/b18-9-. The molecule has 1 aromatic heterocycles. The van der Waals surface area contributed by atoms with Crippen molar-refractivity contribution in [1.82, 2.24) is 14.9 Å². The summed E-state index contributed by atoms with van der Waals surface area (Å²) in [5.41, 5.74) is 1.61. The van der Waals surface area contributed by atoms with E-state index in [9.17, 15) is 0 Å². The van der Waals surface area contributed by atoms with E-state index >= 15 is 0 Å². The zero-order valence-electron chi connectivity index (χ0n) is 11.2. The smallest absolute Gasteiger partial charge is 0.216 e. The fourth-order valence-corrected chi connectivity index (χ4v) is 2.47. The lowest BCUT2D eigenvalue weighted by Gasteiger charge is -2.02. The first-order valence-electron chi connectivity index (χ1n) is 6.37. The van der Waals surface area contributed by atoms with Crippen LogP contribution in [0.4, 0.5) is 0 Å². The molecule has 0 fully saturated rings. The fourth-order valence-electron chi connectivity index (χ4n) is 1.91. The Kier molecular flexibility index (Phi) is 4.38. The number of rotatable bonds is 3. The molecule has 3 rings (SSSR count). The maximum atomic E-state index is 6.11. The molecule has 22 heavy (non-hydrogen) atoms. The van der Waals surface area contributed by atoms with Gasteiger partial charge in [-0.1, -0.05) is 53.5 Å². The topological polar surface area (TPSA) is 46.0 Å². The monoisotopic (exact) mass is 348 g/mol. The Morgan fingerprint density at radius 1 is 1.14 bits per heavy atom. The Morgan fingerprint density at radius 3 is 2.73 bits per heavy atom. The summed E-state index contributed by atoms with van der Waals surface area (Å²) in [7, 11) is 0. The van der Waals surface area contributed by atoms with Gasteiger partial charge in [0.15, 0.2) is 5.82 Å². The van der Waals surface area contributed by atoms with Crippen LogP contribution in [0.15, 0.2) is 53.6 Å². The van der Waals surface area contributed by atoms with Crippen LogP contribution < -0.4 is 0 Å². The van der Waals surface area contributed by atoms with Crippen molar-refractivity contribution in [3.8, 4) is 11.4 Å². The molecule has 0 amide bonds. The van der Waals surface area contributed by atoms with E-state index in [0.29, 0.717) is 20.6 Å². The van der Waals surface area contributed by atoms with Gasteiger partial charge in [0, 0.05) is 21.2 Å². The average molecular weight is 349 g/mol. The summed E-state index contributed by atoms with van der Waals surface area (Å²) in [5, 5.41) is 12.5. The van der Waals surface area contributed by atoms with Gasteiger partial charge in [-0.2, -0.15) is 14.9 Å². The number of benzene rings is 2. The Morgan fingerprint density at radius 2 is 1.95 bits per heavy atom. The molecule has 4 nitrogen and oxygen atoms in total. The maximum Gasteiger partial charge on any atom is 0.216 e. The molecule has 1 heterocycles. The van der Waals surface area contributed by atoms with Crippen LogP contribution in [0.1, 0.15) is 5.56 Å². The van der Waals surface area contributed by atoms with Crippen molar-refractivity contribution in [1.29, 1.82) is 0 Å². The predicted octanol–water partition coefficient (Wildman–Crippen LogP) is 4.80. The zero-order chi connectivity index (χ0) is 15.5. The van der Waals surface area contributed by atoms with Gasteiger partial charge in [0.05, 0.1) is 6.21 Å². The molecule has 0 aliphatic carbocycles. The summed E-state index contributed by atoms with van der Waals surface area (Å²) in [6, 6.07) is 14.7. The lowest BCUT2D eigenvalue weighted by atomic mass is 10.2. The van der Waals surface area contributed by atoms with Crippen LogP contribution in [0.2, 0.25) is 10.0 Å². The van der Waals surface area contributed by atoms with Crippen molar-refractivity contribution in [2.24, 2.45) is 5.10 Å². The highest BCUT2D eigenvalue weighted by atomic mass is 35.5. The van der Waals surface area contributed by atoms with Gasteiger partial charge in [0.2, 0.25) is 4.77 Å². The van der Waals surface area contributed by atoms with Crippen molar-refractivity contribution in [3.63, 3.8) is 0 Å². The highest BCUT2D eigenvalue weighted by Crippen LogP contribution is 2.21. The number of halogens is 2. The summed E-state index contributed by atoms with van der Waals surface area (Å²) in [6.45, 7) is 0. The Bertz CT molecular complexity index is 898. The Labute approximate surface area is 142 Å². The number of aromatic amines is 1. The van der Waals surface area contributed by atoms with Crippen LogP contribution in [0.3, 0.4) is 0 Å². The molecule has 2 aromatic carbocycles. The molecule has 3 aromatic rings. The van der Waals surface area contributed by atoms with Gasteiger partial charge in [-0.3, -0.25) is 0 Å². The summed E-state index contributed by atoms with van der Waals surface area (Å²) < 4.78 is 1.92. The third kappa shape index (κ3) is 3.11. The quantitative estimate of drug-likeness (QED) is 0.545. The highest BCUT2D eigenvalue weighted by Gasteiger charge is 2.08. The molecule has 0 saturated carbocycles. The molecule has 0 radical (unpaired) electrons.